The van der Waals surface area contributed by atoms with Crippen molar-refractivity contribution < 1.29 is 4.79 Å². The van der Waals surface area contributed by atoms with Gasteiger partial charge in [-0.2, -0.15) is 0 Å². The number of rotatable bonds is 2. The van der Waals surface area contributed by atoms with Gasteiger partial charge in [-0.25, -0.2) is 0 Å². The Kier molecular flexibility index (Phi) is 4.15. The number of nitrogens with one attached hydrogen (secondary N) is 1. The number of pyridine rings is 1. The smallest absolute Gasteiger partial charge is 0.219 e. The Bertz CT molecular complexity index is 641. The summed E-state index contributed by atoms with van der Waals surface area (Å²) in [4.78, 5) is 18.1. The van der Waals surface area contributed by atoms with E-state index in [4.69, 9.17) is 0 Å². The summed E-state index contributed by atoms with van der Waals surface area (Å²) in [6, 6.07) is 10.4. The van der Waals surface area contributed by atoms with Crippen LogP contribution in [0.4, 0.5) is 0 Å². The van der Waals surface area contributed by atoms with Gasteiger partial charge in [0.15, 0.2) is 0 Å². The zero-order valence-electron chi connectivity index (χ0n) is 12.4. The number of amides is 1. The molecule has 0 saturated carbocycles. The van der Waals surface area contributed by atoms with Crippen molar-refractivity contribution in [2.75, 3.05) is 26.2 Å². The van der Waals surface area contributed by atoms with Gasteiger partial charge in [0.25, 0.3) is 0 Å². The van der Waals surface area contributed by atoms with Gasteiger partial charge in [-0.05, 0) is 30.0 Å². The van der Waals surface area contributed by atoms with Crippen LogP contribution >= 0.6 is 0 Å². The minimum Gasteiger partial charge on any atom is -0.341 e. The number of hydrogen-bond donors (Lipinski definition) is 1. The molecule has 2 heterocycles. The highest BCUT2D eigenvalue weighted by molar-refractivity contribution is 5.78. The standard InChI is InChI=1S/C17H21N3O/c1-13(21)20-7-6-18-10-15(12-20)8-14-9-16-4-2-3-5-17(16)19-11-14/h2-5,9,11,15,18H,6-8,10,12H2,1H3. The van der Waals surface area contributed by atoms with Crippen molar-refractivity contribution in [3.63, 3.8) is 0 Å². The molecule has 1 aliphatic heterocycles. The molecule has 1 aromatic carbocycles. The van der Waals surface area contributed by atoms with E-state index in [2.05, 4.69) is 22.4 Å². The van der Waals surface area contributed by atoms with E-state index in [1.807, 2.05) is 29.3 Å². The summed E-state index contributed by atoms with van der Waals surface area (Å²) in [5.41, 5.74) is 2.27. The van der Waals surface area contributed by atoms with E-state index < -0.39 is 0 Å². The van der Waals surface area contributed by atoms with Gasteiger partial charge in [-0.15, -0.1) is 0 Å². The number of benzene rings is 1. The Balaban J connectivity index is 1.75. The second kappa shape index (κ2) is 6.22. The summed E-state index contributed by atoms with van der Waals surface area (Å²) in [6.07, 6.45) is 2.92. The maximum absolute atomic E-state index is 11.6. The van der Waals surface area contributed by atoms with Crippen LogP contribution in [0.15, 0.2) is 36.5 Å². The highest BCUT2D eigenvalue weighted by Crippen LogP contribution is 2.17. The molecule has 0 radical (unpaired) electrons. The van der Waals surface area contributed by atoms with Gasteiger partial charge in [0.1, 0.15) is 0 Å². The van der Waals surface area contributed by atoms with Crippen molar-refractivity contribution in [3.8, 4) is 0 Å². The van der Waals surface area contributed by atoms with Crippen LogP contribution in [0.25, 0.3) is 10.9 Å². The van der Waals surface area contributed by atoms with Crippen molar-refractivity contribution in [3.05, 3.63) is 42.1 Å². The Morgan fingerprint density at radius 1 is 1.43 bits per heavy atom. The van der Waals surface area contributed by atoms with Crippen LogP contribution in [-0.2, 0) is 11.2 Å². The fraction of sp³-hybridized carbons (Fsp3) is 0.412. The summed E-state index contributed by atoms with van der Waals surface area (Å²) in [5, 5.41) is 4.61. The molecule has 1 atom stereocenters. The fourth-order valence-electron chi connectivity index (χ4n) is 2.97. The lowest BCUT2D eigenvalue weighted by Gasteiger charge is -2.22. The lowest BCUT2D eigenvalue weighted by Crippen LogP contribution is -2.34. The van der Waals surface area contributed by atoms with Gasteiger partial charge in [-0.1, -0.05) is 18.2 Å². The molecule has 110 valence electrons. The molecular weight excluding hydrogens is 262 g/mol. The molecule has 0 aliphatic carbocycles. The number of nitrogens with zero attached hydrogens (tertiary/aromatic N) is 2. The van der Waals surface area contributed by atoms with Crippen molar-refractivity contribution in [2.24, 2.45) is 5.92 Å². The summed E-state index contributed by atoms with van der Waals surface area (Å²) in [5.74, 6) is 0.611. The molecule has 21 heavy (non-hydrogen) atoms. The zero-order valence-corrected chi connectivity index (χ0v) is 12.4. The first-order chi connectivity index (χ1) is 10.2. The molecule has 0 bridgehead atoms. The summed E-state index contributed by atoms with van der Waals surface area (Å²) in [6.45, 7) is 5.12. The van der Waals surface area contributed by atoms with E-state index in [-0.39, 0.29) is 5.91 Å². The van der Waals surface area contributed by atoms with Crippen LogP contribution in [0.2, 0.25) is 0 Å². The zero-order chi connectivity index (χ0) is 14.7. The molecule has 1 amide bonds. The number of hydrogen-bond acceptors (Lipinski definition) is 3. The number of carbonyl (C=O) groups is 1. The molecule has 0 spiro atoms. The highest BCUT2D eigenvalue weighted by atomic mass is 16.2. The van der Waals surface area contributed by atoms with E-state index >= 15 is 0 Å². The molecule has 4 nitrogen and oxygen atoms in total. The lowest BCUT2D eigenvalue weighted by atomic mass is 9.99. The molecule has 1 fully saturated rings. The van der Waals surface area contributed by atoms with Crippen LogP contribution in [0.3, 0.4) is 0 Å². The SMILES string of the molecule is CC(=O)N1CCNCC(Cc2cnc3ccccc3c2)C1. The molecule has 1 N–H and O–H groups in total. The average molecular weight is 283 g/mol. The Morgan fingerprint density at radius 2 is 2.29 bits per heavy atom. The minimum atomic E-state index is 0.167. The average Bonchev–Trinajstić information content (AvgIpc) is 2.73. The number of aromatic nitrogens is 1. The molecule has 1 unspecified atom stereocenters. The Hall–Kier alpha value is -1.94. The molecule has 1 aliphatic rings. The first-order valence-electron chi connectivity index (χ1n) is 7.52. The Labute approximate surface area is 125 Å². The third kappa shape index (κ3) is 3.39. The highest BCUT2D eigenvalue weighted by Gasteiger charge is 2.20. The molecule has 1 aromatic heterocycles. The molecule has 3 rings (SSSR count). The predicted octanol–water partition coefficient (Wildman–Crippen LogP) is 1.85. The quantitative estimate of drug-likeness (QED) is 0.915. The first kappa shape index (κ1) is 14.0. The third-order valence-corrected chi connectivity index (χ3v) is 4.09. The topological polar surface area (TPSA) is 45.2 Å². The normalized spacial score (nSPS) is 19.5. The van der Waals surface area contributed by atoms with Crippen LogP contribution in [-0.4, -0.2) is 42.0 Å². The van der Waals surface area contributed by atoms with Crippen molar-refractivity contribution in [1.29, 1.82) is 0 Å². The van der Waals surface area contributed by atoms with E-state index in [0.717, 1.165) is 38.1 Å². The second-order valence-corrected chi connectivity index (χ2v) is 5.78. The molecule has 2 aromatic rings. The number of para-hydroxylation sites is 1. The van der Waals surface area contributed by atoms with Gasteiger partial charge in [0.05, 0.1) is 5.52 Å². The largest absolute Gasteiger partial charge is 0.341 e. The lowest BCUT2D eigenvalue weighted by molar-refractivity contribution is -0.129. The van der Waals surface area contributed by atoms with E-state index in [9.17, 15) is 4.79 Å². The number of fused-ring (bicyclic) bond motifs is 1. The molecular formula is C17H21N3O. The summed E-state index contributed by atoms with van der Waals surface area (Å²) >= 11 is 0. The van der Waals surface area contributed by atoms with Crippen LogP contribution in [0, 0.1) is 5.92 Å². The summed E-state index contributed by atoms with van der Waals surface area (Å²) in [7, 11) is 0. The summed E-state index contributed by atoms with van der Waals surface area (Å²) < 4.78 is 0. The van der Waals surface area contributed by atoms with Crippen molar-refractivity contribution >= 4 is 16.8 Å². The van der Waals surface area contributed by atoms with Gasteiger partial charge in [0, 0.05) is 44.7 Å². The predicted molar refractivity (Wildman–Crippen MR) is 84.1 cm³/mol. The molecule has 4 heteroatoms. The first-order valence-corrected chi connectivity index (χ1v) is 7.52. The molecule has 1 saturated heterocycles. The monoisotopic (exact) mass is 283 g/mol. The fourth-order valence-corrected chi connectivity index (χ4v) is 2.97. The van der Waals surface area contributed by atoms with Gasteiger partial charge < -0.3 is 10.2 Å². The van der Waals surface area contributed by atoms with E-state index in [1.165, 1.54) is 10.9 Å². The second-order valence-electron chi connectivity index (χ2n) is 5.78. The minimum absolute atomic E-state index is 0.167. The third-order valence-electron chi connectivity index (χ3n) is 4.09. The van der Waals surface area contributed by atoms with E-state index in [0.29, 0.717) is 5.92 Å². The van der Waals surface area contributed by atoms with Gasteiger partial charge >= 0.3 is 0 Å². The van der Waals surface area contributed by atoms with Crippen molar-refractivity contribution in [1.82, 2.24) is 15.2 Å². The van der Waals surface area contributed by atoms with Crippen LogP contribution < -0.4 is 5.32 Å². The Morgan fingerprint density at radius 3 is 3.14 bits per heavy atom. The van der Waals surface area contributed by atoms with Crippen LogP contribution in [0.1, 0.15) is 12.5 Å². The maximum atomic E-state index is 11.6. The van der Waals surface area contributed by atoms with E-state index in [1.54, 1.807) is 6.92 Å². The maximum Gasteiger partial charge on any atom is 0.219 e. The van der Waals surface area contributed by atoms with Gasteiger partial charge in [0.2, 0.25) is 5.91 Å². The van der Waals surface area contributed by atoms with Crippen LogP contribution in [0.5, 0.6) is 0 Å². The van der Waals surface area contributed by atoms with Crippen molar-refractivity contribution in [2.45, 2.75) is 13.3 Å². The number of carbonyl (C=O) groups excluding carboxylic acids is 1. The van der Waals surface area contributed by atoms with Gasteiger partial charge in [-0.3, -0.25) is 9.78 Å².